The largest absolute Gasteiger partial charge is 0.487 e. The predicted octanol–water partition coefficient (Wildman–Crippen LogP) is 4.01. The van der Waals surface area contributed by atoms with E-state index in [9.17, 15) is 0 Å². The molecule has 2 nitrogen and oxygen atoms in total. The highest BCUT2D eigenvalue weighted by Crippen LogP contribution is 2.36. The van der Waals surface area contributed by atoms with Gasteiger partial charge in [-0.1, -0.05) is 41.1 Å². The summed E-state index contributed by atoms with van der Waals surface area (Å²) in [4.78, 5) is 0.429. The van der Waals surface area contributed by atoms with E-state index in [1.165, 1.54) is 11.1 Å². The van der Waals surface area contributed by atoms with E-state index in [0.29, 0.717) is 4.83 Å². The molecule has 0 heterocycles. The molecule has 0 N–H and O–H groups in total. The van der Waals surface area contributed by atoms with E-state index in [4.69, 9.17) is 9.47 Å². The van der Waals surface area contributed by atoms with Crippen LogP contribution in [0.3, 0.4) is 0 Å². The van der Waals surface area contributed by atoms with Gasteiger partial charge in [0.25, 0.3) is 0 Å². The summed E-state index contributed by atoms with van der Waals surface area (Å²) in [7, 11) is 0. The molecule has 2 rings (SSSR count). The predicted molar refractivity (Wildman–Crippen MR) is 77.7 cm³/mol. The van der Waals surface area contributed by atoms with Crippen molar-refractivity contribution < 1.29 is 9.47 Å². The van der Waals surface area contributed by atoms with Crippen molar-refractivity contribution in [2.75, 3.05) is 6.61 Å². The zero-order chi connectivity index (χ0) is 13.1. The van der Waals surface area contributed by atoms with Crippen LogP contribution in [0.1, 0.15) is 30.9 Å². The molecule has 0 aromatic heterocycles. The van der Waals surface area contributed by atoms with Gasteiger partial charge >= 0.3 is 0 Å². The third-order valence-corrected chi connectivity index (χ3v) is 4.27. The van der Waals surface area contributed by atoms with Crippen molar-refractivity contribution in [3.8, 4) is 5.75 Å². The number of alkyl halides is 1. The minimum Gasteiger partial charge on any atom is -0.487 e. The SMILES string of the molecule is CCCOC1C(Br)CC1Oc1c(C)cccc1C. The van der Waals surface area contributed by atoms with E-state index in [1.54, 1.807) is 0 Å². The Bertz CT molecular complexity index is 385. The summed E-state index contributed by atoms with van der Waals surface area (Å²) >= 11 is 3.64. The second-order valence-electron chi connectivity index (χ2n) is 4.96. The Balaban J connectivity index is 2.01. The molecule has 100 valence electrons. The number of rotatable bonds is 5. The topological polar surface area (TPSA) is 18.5 Å². The summed E-state index contributed by atoms with van der Waals surface area (Å²) in [5, 5.41) is 0. The zero-order valence-electron chi connectivity index (χ0n) is 11.3. The zero-order valence-corrected chi connectivity index (χ0v) is 12.9. The Morgan fingerprint density at radius 1 is 1.28 bits per heavy atom. The van der Waals surface area contributed by atoms with Gasteiger partial charge < -0.3 is 9.47 Å². The second-order valence-corrected chi connectivity index (χ2v) is 6.14. The molecule has 1 aromatic rings. The van der Waals surface area contributed by atoms with Gasteiger partial charge in [0.2, 0.25) is 0 Å². The number of ether oxygens (including phenoxy) is 2. The fourth-order valence-electron chi connectivity index (χ4n) is 2.24. The van der Waals surface area contributed by atoms with Crippen LogP contribution in [-0.2, 0) is 4.74 Å². The van der Waals surface area contributed by atoms with E-state index >= 15 is 0 Å². The Hall–Kier alpha value is -0.540. The Labute approximate surface area is 118 Å². The summed E-state index contributed by atoms with van der Waals surface area (Å²) in [6.45, 7) is 7.12. The molecular weight excluding hydrogens is 292 g/mol. The van der Waals surface area contributed by atoms with Crippen molar-refractivity contribution in [2.45, 2.75) is 50.6 Å². The second kappa shape index (κ2) is 6.07. The number of benzene rings is 1. The van der Waals surface area contributed by atoms with Crippen molar-refractivity contribution in [1.82, 2.24) is 0 Å². The van der Waals surface area contributed by atoms with E-state index < -0.39 is 0 Å². The average molecular weight is 313 g/mol. The van der Waals surface area contributed by atoms with Crippen molar-refractivity contribution >= 4 is 15.9 Å². The third-order valence-electron chi connectivity index (χ3n) is 3.37. The van der Waals surface area contributed by atoms with Gasteiger partial charge in [0, 0.05) is 17.9 Å². The molecule has 3 heteroatoms. The lowest BCUT2D eigenvalue weighted by Crippen LogP contribution is -2.52. The lowest BCUT2D eigenvalue weighted by Gasteiger charge is -2.41. The quantitative estimate of drug-likeness (QED) is 0.765. The van der Waals surface area contributed by atoms with Crippen LogP contribution in [0, 0.1) is 13.8 Å². The van der Waals surface area contributed by atoms with Gasteiger partial charge in [-0.05, 0) is 31.4 Å². The van der Waals surface area contributed by atoms with Crippen LogP contribution in [0.25, 0.3) is 0 Å². The number of halogens is 1. The molecule has 18 heavy (non-hydrogen) atoms. The van der Waals surface area contributed by atoms with Crippen LogP contribution >= 0.6 is 15.9 Å². The average Bonchev–Trinajstić information content (AvgIpc) is 2.33. The highest BCUT2D eigenvalue weighted by molar-refractivity contribution is 9.09. The Morgan fingerprint density at radius 2 is 1.94 bits per heavy atom. The number of para-hydroxylation sites is 1. The molecule has 0 spiro atoms. The van der Waals surface area contributed by atoms with Gasteiger partial charge in [0.05, 0.1) is 0 Å². The van der Waals surface area contributed by atoms with E-state index in [2.05, 4.69) is 54.9 Å². The van der Waals surface area contributed by atoms with Gasteiger partial charge in [0.1, 0.15) is 18.0 Å². The molecule has 0 saturated heterocycles. The van der Waals surface area contributed by atoms with Crippen LogP contribution in [0.5, 0.6) is 5.75 Å². The Kier molecular flexibility index (Phi) is 4.68. The standard InChI is InChI=1S/C15H21BrO2/c1-4-8-17-15-12(16)9-13(15)18-14-10(2)6-5-7-11(14)3/h5-7,12-13,15H,4,8-9H2,1-3H3. The molecule has 0 amide bonds. The van der Waals surface area contributed by atoms with E-state index in [1.807, 2.05) is 0 Å². The van der Waals surface area contributed by atoms with Crippen LogP contribution in [-0.4, -0.2) is 23.6 Å². The van der Waals surface area contributed by atoms with E-state index in [-0.39, 0.29) is 12.2 Å². The smallest absolute Gasteiger partial charge is 0.127 e. The first-order valence-electron chi connectivity index (χ1n) is 6.62. The molecule has 1 aliphatic carbocycles. The van der Waals surface area contributed by atoms with Gasteiger partial charge in [-0.2, -0.15) is 0 Å². The lowest BCUT2D eigenvalue weighted by molar-refractivity contribution is -0.0765. The van der Waals surface area contributed by atoms with Crippen molar-refractivity contribution in [3.05, 3.63) is 29.3 Å². The molecule has 3 unspecified atom stereocenters. The fraction of sp³-hybridized carbons (Fsp3) is 0.600. The van der Waals surface area contributed by atoms with Gasteiger partial charge in [-0.25, -0.2) is 0 Å². The minimum absolute atomic E-state index is 0.181. The van der Waals surface area contributed by atoms with Crippen molar-refractivity contribution in [2.24, 2.45) is 0 Å². The molecule has 3 atom stereocenters. The van der Waals surface area contributed by atoms with E-state index in [0.717, 1.165) is 25.2 Å². The maximum Gasteiger partial charge on any atom is 0.127 e. The van der Waals surface area contributed by atoms with Crippen molar-refractivity contribution in [3.63, 3.8) is 0 Å². The third kappa shape index (κ3) is 2.89. The molecule has 0 radical (unpaired) electrons. The summed E-state index contributed by atoms with van der Waals surface area (Å²) in [5.74, 6) is 1.02. The first-order valence-corrected chi connectivity index (χ1v) is 7.53. The molecule has 1 aromatic carbocycles. The van der Waals surface area contributed by atoms with Crippen LogP contribution < -0.4 is 4.74 Å². The fourth-order valence-corrected chi connectivity index (χ4v) is 3.11. The molecular formula is C15H21BrO2. The van der Waals surface area contributed by atoms with Crippen LogP contribution in [0.15, 0.2) is 18.2 Å². The highest BCUT2D eigenvalue weighted by atomic mass is 79.9. The molecule has 1 fully saturated rings. The van der Waals surface area contributed by atoms with Gasteiger partial charge in [-0.3, -0.25) is 0 Å². The summed E-state index contributed by atoms with van der Waals surface area (Å²) < 4.78 is 12.0. The molecule has 0 aliphatic heterocycles. The molecule has 1 saturated carbocycles. The number of aryl methyl sites for hydroxylation is 2. The monoisotopic (exact) mass is 312 g/mol. The Morgan fingerprint density at radius 3 is 2.50 bits per heavy atom. The lowest BCUT2D eigenvalue weighted by atomic mass is 9.91. The first-order chi connectivity index (χ1) is 8.63. The van der Waals surface area contributed by atoms with Gasteiger partial charge in [0.15, 0.2) is 0 Å². The minimum atomic E-state index is 0.181. The number of hydrogen-bond acceptors (Lipinski definition) is 2. The highest BCUT2D eigenvalue weighted by Gasteiger charge is 2.42. The molecule has 0 bridgehead atoms. The first kappa shape index (κ1) is 13.9. The number of hydrogen-bond donors (Lipinski definition) is 0. The summed E-state index contributed by atoms with van der Waals surface area (Å²) in [5.41, 5.74) is 2.39. The van der Waals surface area contributed by atoms with Gasteiger partial charge in [-0.15, -0.1) is 0 Å². The van der Waals surface area contributed by atoms with Crippen molar-refractivity contribution in [1.29, 1.82) is 0 Å². The summed E-state index contributed by atoms with van der Waals surface area (Å²) in [6, 6.07) is 6.25. The maximum absolute atomic E-state index is 6.14. The molecule has 1 aliphatic rings. The summed E-state index contributed by atoms with van der Waals surface area (Å²) in [6.07, 6.45) is 2.43. The van der Waals surface area contributed by atoms with Crippen LogP contribution in [0.4, 0.5) is 0 Å². The normalized spacial score (nSPS) is 26.8. The maximum atomic E-state index is 6.14. The van der Waals surface area contributed by atoms with Crippen LogP contribution in [0.2, 0.25) is 0 Å².